The van der Waals surface area contributed by atoms with Gasteiger partial charge in [-0.1, -0.05) is 0 Å². The largest absolute Gasteiger partial charge is 0.503 e. The van der Waals surface area contributed by atoms with Gasteiger partial charge in [0.25, 0.3) is 0 Å². The lowest BCUT2D eigenvalue weighted by molar-refractivity contribution is -0.00308. The van der Waals surface area contributed by atoms with Gasteiger partial charge in [0.05, 0.1) is 36.7 Å². The quantitative estimate of drug-likeness (QED) is 0.271. The maximum atomic E-state index is 13.8. The predicted octanol–water partition coefficient (Wildman–Crippen LogP) is 3.98. The number of hydrogen-bond donors (Lipinski definition) is 3. The van der Waals surface area contributed by atoms with Crippen LogP contribution in [0.25, 0.3) is 27.7 Å². The molecule has 1 aliphatic carbocycles. The number of nitrogens with two attached hydrogens (primary N) is 1. The second kappa shape index (κ2) is 12.1. The van der Waals surface area contributed by atoms with E-state index in [9.17, 15) is 12.8 Å². The van der Waals surface area contributed by atoms with Gasteiger partial charge in [-0.05, 0) is 49.9 Å². The number of nitrogen functional groups attached to an aromatic ring is 1. The fourth-order valence-corrected chi connectivity index (χ4v) is 5.99. The highest BCUT2D eigenvalue weighted by atomic mass is 32.2. The molecule has 3 aromatic heterocycles. The zero-order valence-electron chi connectivity index (χ0n) is 21.9. The lowest BCUT2D eigenvalue weighted by atomic mass is 9.85. The number of aromatic nitrogens is 4. The van der Waals surface area contributed by atoms with Crippen molar-refractivity contribution in [2.75, 3.05) is 32.3 Å². The molecule has 4 aromatic rings. The summed E-state index contributed by atoms with van der Waals surface area (Å²) in [5.74, 6) is -0.413. The third-order valence-electron chi connectivity index (χ3n) is 6.69. The first-order valence-corrected chi connectivity index (χ1v) is 14.3. The molecule has 40 heavy (non-hydrogen) atoms. The molecule has 1 aliphatic rings. The van der Waals surface area contributed by atoms with Gasteiger partial charge in [0, 0.05) is 42.0 Å². The van der Waals surface area contributed by atoms with Crippen LogP contribution in [-0.2, 0) is 19.3 Å². The van der Waals surface area contributed by atoms with Crippen LogP contribution in [0.1, 0.15) is 37.3 Å². The molecule has 214 valence electrons. The first kappa shape index (κ1) is 29.1. The maximum Gasteiger partial charge on any atom is 0.503 e. The molecular formula is C26H30FN5O7S. The van der Waals surface area contributed by atoms with Crippen molar-refractivity contribution in [3.8, 4) is 11.1 Å². The minimum Gasteiger partial charge on any atom is -0.450 e. The van der Waals surface area contributed by atoms with E-state index in [1.165, 1.54) is 16.6 Å². The van der Waals surface area contributed by atoms with Crippen molar-refractivity contribution >= 4 is 38.4 Å². The van der Waals surface area contributed by atoms with Crippen molar-refractivity contribution in [1.29, 1.82) is 0 Å². The highest BCUT2D eigenvalue weighted by molar-refractivity contribution is 7.91. The van der Waals surface area contributed by atoms with Crippen molar-refractivity contribution in [3.05, 3.63) is 48.2 Å². The first-order valence-electron chi connectivity index (χ1n) is 12.4. The molecule has 0 saturated heterocycles. The lowest BCUT2D eigenvalue weighted by Gasteiger charge is -2.29. The third-order valence-corrected chi connectivity index (χ3v) is 7.85. The Bertz CT molecular complexity index is 1630. The second-order valence-corrected chi connectivity index (χ2v) is 11.4. The van der Waals surface area contributed by atoms with Crippen LogP contribution in [0.2, 0.25) is 0 Å². The van der Waals surface area contributed by atoms with Crippen LogP contribution < -0.4 is 5.73 Å². The molecule has 0 amide bonds. The van der Waals surface area contributed by atoms with Crippen LogP contribution in [0, 0.1) is 5.82 Å². The van der Waals surface area contributed by atoms with E-state index in [0.29, 0.717) is 46.6 Å². The molecular weight excluding hydrogens is 545 g/mol. The van der Waals surface area contributed by atoms with Crippen molar-refractivity contribution in [2.24, 2.45) is 0 Å². The molecule has 1 fully saturated rings. The Morgan fingerprint density at radius 3 is 2.50 bits per heavy atom. The minimum atomic E-state index is -3.68. The summed E-state index contributed by atoms with van der Waals surface area (Å²) in [5, 5.41) is 18.9. The summed E-state index contributed by atoms with van der Waals surface area (Å²) in [4.78, 5) is 17.8. The van der Waals surface area contributed by atoms with Crippen molar-refractivity contribution < 1.29 is 37.3 Å². The summed E-state index contributed by atoms with van der Waals surface area (Å²) in [6.45, 7) is 1.06. The van der Waals surface area contributed by atoms with E-state index in [1.54, 1.807) is 25.6 Å². The standard InChI is InChI=1S/C25H28FN5O4S.CH2O3/c1-34-9-10-35-19-6-3-15(4-7-19)22-23(36(2,32)33)24(27)31-25(30-22)20(14-29-31)17-11-16-12-18(26)5-8-21(16)28-13-17;2-1(3)4/h5,8,11-15,19H,3-4,6-7,9-10,27H2,1-2H3;(H2,2,3,4). The fraction of sp³-hybridized carbons (Fsp3) is 0.385. The number of methoxy groups -OCH3 is 1. The number of hydrogen-bond acceptors (Lipinski definition) is 9. The Balaban J connectivity index is 0.000000867. The number of carboxylic acid groups (broad SMARTS) is 2. The van der Waals surface area contributed by atoms with E-state index in [-0.39, 0.29) is 28.6 Å². The number of sulfone groups is 1. The number of benzene rings is 1. The van der Waals surface area contributed by atoms with E-state index in [0.717, 1.165) is 31.9 Å². The second-order valence-electron chi connectivity index (χ2n) is 9.46. The molecule has 0 spiro atoms. The Labute approximate surface area is 229 Å². The van der Waals surface area contributed by atoms with E-state index in [1.807, 2.05) is 6.07 Å². The summed E-state index contributed by atoms with van der Waals surface area (Å²) in [5.41, 5.74) is 9.28. The zero-order valence-corrected chi connectivity index (χ0v) is 22.8. The van der Waals surface area contributed by atoms with E-state index < -0.39 is 16.0 Å². The third kappa shape index (κ3) is 6.46. The Hall–Kier alpha value is -3.88. The molecule has 0 radical (unpaired) electrons. The lowest BCUT2D eigenvalue weighted by Crippen LogP contribution is -2.24. The number of halogens is 1. The van der Waals surface area contributed by atoms with Crippen LogP contribution in [0.3, 0.4) is 0 Å². The summed E-state index contributed by atoms with van der Waals surface area (Å²) in [6.07, 6.45) is 5.69. The van der Waals surface area contributed by atoms with Gasteiger partial charge in [0.2, 0.25) is 0 Å². The topological polar surface area (TPSA) is 179 Å². The zero-order chi connectivity index (χ0) is 29.0. The van der Waals surface area contributed by atoms with Crippen LogP contribution >= 0.6 is 0 Å². The number of nitrogens with zero attached hydrogens (tertiary/aromatic N) is 4. The number of rotatable bonds is 7. The first-order chi connectivity index (χ1) is 19.0. The highest BCUT2D eigenvalue weighted by Gasteiger charge is 2.32. The molecule has 1 saturated carbocycles. The van der Waals surface area contributed by atoms with Crippen molar-refractivity contribution in [3.63, 3.8) is 0 Å². The maximum absolute atomic E-state index is 13.8. The molecule has 5 rings (SSSR count). The monoisotopic (exact) mass is 575 g/mol. The molecule has 1 aromatic carbocycles. The molecule has 4 N–H and O–H groups in total. The van der Waals surface area contributed by atoms with E-state index in [4.69, 9.17) is 35.2 Å². The van der Waals surface area contributed by atoms with Gasteiger partial charge >= 0.3 is 6.16 Å². The highest BCUT2D eigenvalue weighted by Crippen LogP contribution is 2.39. The molecule has 12 nitrogen and oxygen atoms in total. The number of pyridine rings is 1. The Morgan fingerprint density at radius 2 is 1.85 bits per heavy atom. The SMILES string of the molecule is COCCOC1CCC(c2nc3c(-c4cnc5ccc(F)cc5c4)cnn3c(N)c2S(C)(=O)=O)CC1.O=C(O)O. The fourth-order valence-electron chi connectivity index (χ4n) is 4.93. The summed E-state index contributed by atoms with van der Waals surface area (Å²) in [7, 11) is -2.04. The van der Waals surface area contributed by atoms with Crippen LogP contribution in [0.4, 0.5) is 15.0 Å². The van der Waals surface area contributed by atoms with Gasteiger partial charge in [0.15, 0.2) is 15.5 Å². The van der Waals surface area contributed by atoms with E-state index >= 15 is 0 Å². The van der Waals surface area contributed by atoms with Gasteiger partial charge in [0.1, 0.15) is 16.5 Å². The average molecular weight is 576 g/mol. The Morgan fingerprint density at radius 1 is 1.15 bits per heavy atom. The number of ether oxygens (including phenoxy) is 2. The van der Waals surface area contributed by atoms with Gasteiger partial charge < -0.3 is 25.4 Å². The predicted molar refractivity (Wildman–Crippen MR) is 145 cm³/mol. The average Bonchev–Trinajstić information content (AvgIpc) is 3.32. The summed E-state index contributed by atoms with van der Waals surface area (Å²) >= 11 is 0. The normalized spacial score (nSPS) is 17.5. The van der Waals surface area contributed by atoms with Gasteiger partial charge in [-0.3, -0.25) is 4.98 Å². The van der Waals surface area contributed by atoms with Crippen molar-refractivity contribution in [2.45, 2.75) is 42.6 Å². The van der Waals surface area contributed by atoms with Crippen molar-refractivity contribution in [1.82, 2.24) is 19.6 Å². The number of fused-ring (bicyclic) bond motifs is 2. The van der Waals surface area contributed by atoms with Crippen LogP contribution in [-0.4, -0.2) is 77.1 Å². The molecule has 14 heteroatoms. The minimum absolute atomic E-state index is 0.0205. The van der Waals surface area contributed by atoms with E-state index in [2.05, 4.69) is 10.1 Å². The summed E-state index contributed by atoms with van der Waals surface area (Å²) in [6, 6.07) is 6.21. The molecule has 0 unspecified atom stereocenters. The molecule has 0 bridgehead atoms. The molecule has 0 aliphatic heterocycles. The van der Waals surface area contributed by atoms with Crippen LogP contribution in [0.5, 0.6) is 0 Å². The number of anilines is 1. The molecule has 0 atom stereocenters. The molecule has 3 heterocycles. The number of carbonyl (C=O) groups is 1. The van der Waals surface area contributed by atoms with Crippen LogP contribution in [0.15, 0.2) is 41.6 Å². The van der Waals surface area contributed by atoms with Gasteiger partial charge in [-0.25, -0.2) is 22.6 Å². The van der Waals surface area contributed by atoms with Gasteiger partial charge in [-0.2, -0.15) is 9.61 Å². The summed E-state index contributed by atoms with van der Waals surface area (Å²) < 4.78 is 51.7. The Kier molecular flexibility index (Phi) is 8.81. The smallest absolute Gasteiger partial charge is 0.450 e. The van der Waals surface area contributed by atoms with Gasteiger partial charge in [-0.15, -0.1) is 0 Å².